The molecule has 116 valence electrons. The summed E-state index contributed by atoms with van der Waals surface area (Å²) in [5.41, 5.74) is 1.34. The van der Waals surface area contributed by atoms with Crippen LogP contribution in [0.5, 0.6) is 0 Å². The van der Waals surface area contributed by atoms with Crippen LogP contribution in [0.3, 0.4) is 0 Å². The van der Waals surface area contributed by atoms with Crippen molar-refractivity contribution < 1.29 is 10.1 Å². The van der Waals surface area contributed by atoms with Gasteiger partial charge in [0.05, 0.1) is 6.04 Å². The quantitative estimate of drug-likeness (QED) is 0.818. The molecule has 0 saturated carbocycles. The van der Waals surface area contributed by atoms with Gasteiger partial charge in [-0.2, -0.15) is 7.05 Å². The lowest BCUT2D eigenvalue weighted by Gasteiger charge is -2.36. The van der Waals surface area contributed by atoms with Crippen LogP contribution in [0.25, 0.3) is 0 Å². The van der Waals surface area contributed by atoms with Gasteiger partial charge in [0, 0.05) is 51.1 Å². The van der Waals surface area contributed by atoms with Crippen LogP contribution in [0.2, 0.25) is 0 Å². The van der Waals surface area contributed by atoms with E-state index >= 15 is 0 Å². The van der Waals surface area contributed by atoms with Crippen molar-refractivity contribution in [1.82, 2.24) is 9.80 Å². The predicted octanol–water partition coefficient (Wildman–Crippen LogP) is 0.883. The van der Waals surface area contributed by atoms with Crippen LogP contribution in [0.4, 0.5) is 0 Å². The van der Waals surface area contributed by atoms with Gasteiger partial charge in [-0.1, -0.05) is 37.3 Å². The first-order valence-corrected chi connectivity index (χ1v) is 7.77. The maximum Gasteiger partial charge on any atom is 0.219 e. The maximum absolute atomic E-state index is 11.4. The number of hydrogen-bond donors (Lipinski definition) is 1. The first-order valence-electron chi connectivity index (χ1n) is 7.77. The molecule has 0 aliphatic carbocycles. The summed E-state index contributed by atoms with van der Waals surface area (Å²) in [4.78, 5) is 15.8. The minimum absolute atomic E-state index is 0.191. The Hall–Kier alpha value is -1.39. The Kier molecular flexibility index (Phi) is 5.76. The van der Waals surface area contributed by atoms with Crippen molar-refractivity contribution in [3.05, 3.63) is 42.9 Å². The lowest BCUT2D eigenvalue weighted by Crippen LogP contribution is -2.80. The zero-order valence-corrected chi connectivity index (χ0v) is 13.2. The van der Waals surface area contributed by atoms with E-state index in [1.807, 2.05) is 4.90 Å². The molecule has 0 spiro atoms. The fourth-order valence-corrected chi connectivity index (χ4v) is 3.14. The van der Waals surface area contributed by atoms with Gasteiger partial charge in [0.2, 0.25) is 5.91 Å². The topological polar surface area (TPSA) is 40.2 Å². The predicted molar refractivity (Wildman–Crippen MR) is 84.3 cm³/mol. The Morgan fingerprint density at radius 1 is 1.24 bits per heavy atom. The van der Waals surface area contributed by atoms with Crippen LogP contribution in [-0.4, -0.2) is 48.4 Å². The molecular formula is C17H27N3O. The van der Waals surface area contributed by atoms with Crippen molar-refractivity contribution in [3.63, 3.8) is 0 Å². The normalized spacial score (nSPS) is 19.3. The lowest BCUT2D eigenvalue weighted by molar-refractivity contribution is -0.648. The molecule has 0 bridgehead atoms. The van der Waals surface area contributed by atoms with Crippen LogP contribution >= 0.6 is 0 Å². The van der Waals surface area contributed by atoms with Gasteiger partial charge in [0.15, 0.2) is 0 Å². The van der Waals surface area contributed by atoms with Crippen molar-refractivity contribution in [2.75, 3.05) is 32.7 Å². The summed E-state index contributed by atoms with van der Waals surface area (Å²) in [6, 6.07) is 11.0. The van der Waals surface area contributed by atoms with Gasteiger partial charge in [0.25, 0.3) is 0 Å². The minimum Gasteiger partial charge on any atom is -0.472 e. The summed E-state index contributed by atoms with van der Waals surface area (Å²) in [5.74, 6) is 0.713. The summed E-state index contributed by atoms with van der Waals surface area (Å²) < 4.78 is 0. The molecule has 2 atom stereocenters. The molecule has 4 heteroatoms. The number of carbonyl (C=O) groups is 1. The van der Waals surface area contributed by atoms with E-state index < -0.39 is 0 Å². The molecule has 0 radical (unpaired) electrons. The largest absolute Gasteiger partial charge is 0.472 e. The zero-order valence-electron chi connectivity index (χ0n) is 13.2. The second kappa shape index (κ2) is 7.57. The highest BCUT2D eigenvalue weighted by molar-refractivity contribution is 5.73. The van der Waals surface area contributed by atoms with Gasteiger partial charge in [-0.05, 0) is 0 Å². The van der Waals surface area contributed by atoms with E-state index in [4.69, 9.17) is 0 Å². The molecule has 21 heavy (non-hydrogen) atoms. The summed E-state index contributed by atoms with van der Waals surface area (Å²) in [5, 5.41) is 2.06. The number of quaternary nitrogens is 1. The number of nitrogens with zero attached hydrogens (tertiary/aromatic N) is 2. The molecule has 1 saturated heterocycles. The molecule has 1 aliphatic rings. The van der Waals surface area contributed by atoms with E-state index in [-0.39, 0.29) is 5.91 Å². The van der Waals surface area contributed by atoms with Gasteiger partial charge in [-0.15, -0.1) is 0 Å². The molecule has 2 rings (SSSR count). The molecule has 1 fully saturated rings. The van der Waals surface area contributed by atoms with Crippen LogP contribution in [0.15, 0.2) is 30.3 Å². The van der Waals surface area contributed by atoms with Crippen molar-refractivity contribution >= 4 is 5.91 Å². The summed E-state index contributed by atoms with van der Waals surface area (Å²) in [6.07, 6.45) is 0. The standard InChI is InChI=1S/C17H27N3O/c1-14(17(18-3)16-7-5-4-6-8-16)13-19-9-11-20(12-10-19)15(2)21/h4-8,14,17H,3,9-13,18H2,1-2H3/t14-,17+/m0/s1. The first-order chi connectivity index (χ1) is 10.1. The van der Waals surface area contributed by atoms with E-state index in [1.165, 1.54) is 5.56 Å². The van der Waals surface area contributed by atoms with E-state index in [1.54, 1.807) is 6.92 Å². The molecule has 0 aromatic heterocycles. The average Bonchev–Trinajstić information content (AvgIpc) is 2.49. The molecule has 2 N–H and O–H groups in total. The Morgan fingerprint density at radius 3 is 2.38 bits per heavy atom. The number of amides is 1. The Morgan fingerprint density at radius 2 is 1.86 bits per heavy atom. The van der Waals surface area contributed by atoms with Crippen molar-refractivity contribution in [2.24, 2.45) is 5.92 Å². The number of hydrogen-bond acceptors (Lipinski definition) is 2. The van der Waals surface area contributed by atoms with E-state index in [0.29, 0.717) is 12.0 Å². The van der Waals surface area contributed by atoms with Crippen molar-refractivity contribution in [2.45, 2.75) is 19.9 Å². The Labute approximate surface area is 128 Å². The molecule has 1 heterocycles. The first kappa shape index (κ1) is 16.0. The highest BCUT2D eigenvalue weighted by Crippen LogP contribution is 2.19. The second-order valence-corrected chi connectivity index (χ2v) is 5.96. The third-order valence-electron chi connectivity index (χ3n) is 4.42. The number of rotatable bonds is 5. The van der Waals surface area contributed by atoms with Gasteiger partial charge in [-0.3, -0.25) is 9.69 Å². The smallest absolute Gasteiger partial charge is 0.219 e. The SMILES string of the molecule is [CH2-][NH2+][C@@H](c1ccccc1)[C@@H](C)CN1CCN(C(C)=O)CC1. The van der Waals surface area contributed by atoms with Gasteiger partial charge < -0.3 is 10.2 Å². The number of benzene rings is 1. The molecule has 1 aromatic rings. The minimum atomic E-state index is 0.191. The van der Waals surface area contributed by atoms with Gasteiger partial charge in [-0.25, -0.2) is 0 Å². The second-order valence-electron chi connectivity index (χ2n) is 5.96. The molecule has 4 nitrogen and oxygen atoms in total. The third kappa shape index (κ3) is 4.29. The lowest BCUT2D eigenvalue weighted by atomic mass is 9.94. The van der Waals surface area contributed by atoms with Crippen molar-refractivity contribution in [3.8, 4) is 0 Å². The van der Waals surface area contributed by atoms with Crippen LogP contribution in [0.1, 0.15) is 25.5 Å². The van der Waals surface area contributed by atoms with E-state index in [2.05, 4.69) is 54.5 Å². The Balaban J connectivity index is 1.89. The number of carbonyl (C=O) groups excluding carboxylic acids is 1. The number of piperazine rings is 1. The summed E-state index contributed by atoms with van der Waals surface area (Å²) in [6.45, 7) is 8.65. The monoisotopic (exact) mass is 289 g/mol. The molecule has 0 unspecified atom stereocenters. The van der Waals surface area contributed by atoms with E-state index in [9.17, 15) is 4.79 Å². The molecule has 1 aromatic carbocycles. The van der Waals surface area contributed by atoms with Crippen LogP contribution in [0, 0.1) is 13.0 Å². The van der Waals surface area contributed by atoms with Gasteiger partial charge >= 0.3 is 0 Å². The maximum atomic E-state index is 11.4. The average molecular weight is 289 g/mol. The van der Waals surface area contributed by atoms with Crippen molar-refractivity contribution in [1.29, 1.82) is 0 Å². The number of nitrogens with two attached hydrogens (primary N) is 1. The molecule has 1 aliphatic heterocycles. The summed E-state index contributed by atoms with van der Waals surface area (Å²) >= 11 is 0. The fraction of sp³-hybridized carbons (Fsp3) is 0.529. The van der Waals surface area contributed by atoms with Crippen LogP contribution < -0.4 is 5.32 Å². The molecule has 1 amide bonds. The Bertz CT molecular complexity index is 441. The summed E-state index contributed by atoms with van der Waals surface area (Å²) in [7, 11) is 4.02. The zero-order chi connectivity index (χ0) is 15.2. The fourth-order valence-electron chi connectivity index (χ4n) is 3.14. The molecular weight excluding hydrogens is 262 g/mol. The van der Waals surface area contributed by atoms with Crippen LogP contribution in [-0.2, 0) is 4.79 Å². The van der Waals surface area contributed by atoms with E-state index in [0.717, 1.165) is 32.7 Å². The van der Waals surface area contributed by atoms with Gasteiger partial charge in [0.1, 0.15) is 0 Å². The highest BCUT2D eigenvalue weighted by Gasteiger charge is 2.24. The highest BCUT2D eigenvalue weighted by atomic mass is 16.2. The third-order valence-corrected chi connectivity index (χ3v) is 4.42.